The summed E-state index contributed by atoms with van der Waals surface area (Å²) in [6.07, 6.45) is 0. The molecule has 1 aromatic carbocycles. The minimum atomic E-state index is -5.56. The van der Waals surface area contributed by atoms with Crippen LogP contribution in [0.2, 0.25) is 0 Å². The summed E-state index contributed by atoms with van der Waals surface area (Å²) in [5, 5.41) is 0. The van der Waals surface area contributed by atoms with Crippen LogP contribution in [0.1, 0.15) is 0 Å². The fraction of sp³-hybridized carbons (Fsp3) is 0. The minimum Gasteiger partial charge on any atom is -0.373 e. The highest BCUT2D eigenvalue weighted by atomic mass is 32.4. The van der Waals surface area contributed by atoms with E-state index in [2.05, 4.69) is 4.18 Å². The molecule has 0 N–H and O–H groups in total. The maximum absolute atomic E-state index is 12.3. The molecule has 0 bridgehead atoms. The third-order valence-corrected chi connectivity index (χ3v) is 1.37. The molecule has 1 rings (SSSR count). The maximum Gasteiger partial charge on any atom is 0.391 e. The Morgan fingerprint density at radius 1 is 1.17 bits per heavy atom. The van der Waals surface area contributed by atoms with Crippen LogP contribution in [0.4, 0.5) is 16.0 Å². The Bertz CT molecular complexity index is 272. The molecule has 0 unspecified atom stereocenters. The maximum atomic E-state index is 12.3. The van der Waals surface area contributed by atoms with Gasteiger partial charge < -0.3 is 4.18 Å². The summed E-state index contributed by atoms with van der Waals surface area (Å²) in [7, 11) is 0. The first-order valence-corrected chi connectivity index (χ1v) is 4.10. The lowest BCUT2D eigenvalue weighted by molar-refractivity contribution is 0.450. The Kier molecular flexibility index (Phi) is 2.46. The topological polar surface area (TPSA) is 9.23 Å². The first kappa shape index (κ1) is 9.18. The molecule has 68 valence electrons. The van der Waals surface area contributed by atoms with Crippen LogP contribution in [0.15, 0.2) is 24.3 Å². The second-order valence-electron chi connectivity index (χ2n) is 1.90. The Hall–Kier alpha value is -0.910. The summed E-state index contributed by atoms with van der Waals surface area (Å²) >= 11 is -5.56. The number of hydrogen-bond donors (Lipinski definition) is 0. The molecule has 0 atom stereocenters. The van der Waals surface area contributed by atoms with Crippen molar-refractivity contribution in [2.45, 2.75) is 0 Å². The normalized spacial score (nSPS) is 12.7. The second-order valence-corrected chi connectivity index (χ2v) is 2.80. The van der Waals surface area contributed by atoms with Crippen LogP contribution < -0.4 is 4.18 Å². The molecule has 0 aromatic heterocycles. The zero-order chi connectivity index (χ0) is 9.19. The lowest BCUT2D eigenvalue weighted by Crippen LogP contribution is -1.89. The predicted molar refractivity (Wildman–Crippen MR) is 37.9 cm³/mol. The van der Waals surface area contributed by atoms with Crippen LogP contribution in [0.25, 0.3) is 0 Å². The van der Waals surface area contributed by atoms with Crippen LogP contribution in [-0.2, 0) is 0 Å². The van der Waals surface area contributed by atoms with Gasteiger partial charge in [0.1, 0.15) is 11.6 Å². The van der Waals surface area contributed by atoms with Crippen LogP contribution in [-0.4, -0.2) is 0 Å². The number of hydrogen-bond acceptors (Lipinski definition) is 1. The Balaban J connectivity index is 2.77. The molecule has 0 spiro atoms. The first-order valence-electron chi connectivity index (χ1n) is 2.84. The van der Waals surface area contributed by atoms with Crippen molar-refractivity contribution in [3.8, 4) is 5.75 Å². The first-order chi connectivity index (χ1) is 5.47. The summed E-state index contributed by atoms with van der Waals surface area (Å²) < 4.78 is 50.7. The summed E-state index contributed by atoms with van der Waals surface area (Å²) in [5.74, 6) is -1.27. The minimum absolute atomic E-state index is 0.516. The largest absolute Gasteiger partial charge is 0.391 e. The second kappa shape index (κ2) is 3.22. The number of rotatable bonds is 2. The molecule has 6 heteroatoms. The van der Waals surface area contributed by atoms with Crippen molar-refractivity contribution in [1.82, 2.24) is 0 Å². The van der Waals surface area contributed by atoms with E-state index >= 15 is 0 Å². The molecule has 1 nitrogen and oxygen atoms in total. The molecule has 0 saturated carbocycles. The lowest BCUT2D eigenvalue weighted by Gasteiger charge is -2.10. The van der Waals surface area contributed by atoms with E-state index < -0.39 is 23.0 Å². The van der Waals surface area contributed by atoms with Crippen LogP contribution in [0.3, 0.4) is 0 Å². The zero-order valence-electron chi connectivity index (χ0n) is 5.64. The van der Waals surface area contributed by atoms with E-state index in [0.29, 0.717) is 6.07 Å². The fourth-order valence-electron chi connectivity index (χ4n) is 0.628. The van der Waals surface area contributed by atoms with E-state index in [1.807, 2.05) is 0 Å². The van der Waals surface area contributed by atoms with Gasteiger partial charge in [0.05, 0.1) is 0 Å². The van der Waals surface area contributed by atoms with Gasteiger partial charge in [0.2, 0.25) is 0 Å². The molecular weight excluding hydrogens is 196 g/mol. The predicted octanol–water partition coefficient (Wildman–Crippen LogP) is 3.58. The highest BCUT2D eigenvalue weighted by Gasteiger charge is 2.23. The van der Waals surface area contributed by atoms with E-state index in [1.165, 1.54) is 0 Å². The zero-order valence-corrected chi connectivity index (χ0v) is 6.45. The van der Waals surface area contributed by atoms with E-state index in [0.717, 1.165) is 18.2 Å². The van der Waals surface area contributed by atoms with Crippen molar-refractivity contribution in [2.24, 2.45) is 0 Å². The van der Waals surface area contributed by atoms with Crippen LogP contribution in [0.5, 0.6) is 5.75 Å². The van der Waals surface area contributed by atoms with Gasteiger partial charge in [-0.15, -0.1) is 0 Å². The van der Waals surface area contributed by atoms with Crippen molar-refractivity contribution in [3.05, 3.63) is 30.1 Å². The van der Waals surface area contributed by atoms with Gasteiger partial charge in [-0.3, -0.25) is 0 Å². The molecule has 0 aliphatic rings. The quantitative estimate of drug-likeness (QED) is 0.663. The van der Waals surface area contributed by atoms with Gasteiger partial charge in [0.15, 0.2) is 0 Å². The average molecular weight is 200 g/mol. The van der Waals surface area contributed by atoms with E-state index in [-0.39, 0.29) is 0 Å². The summed E-state index contributed by atoms with van der Waals surface area (Å²) in [6.45, 7) is 0. The van der Waals surface area contributed by atoms with Gasteiger partial charge in [0.25, 0.3) is 0 Å². The van der Waals surface area contributed by atoms with Gasteiger partial charge in [-0.2, -0.15) is 0 Å². The van der Waals surface area contributed by atoms with Crippen molar-refractivity contribution >= 4 is 11.5 Å². The smallest absolute Gasteiger partial charge is 0.373 e. The van der Waals surface area contributed by atoms with Crippen LogP contribution >= 0.6 is 11.5 Å². The number of halogens is 4. The van der Waals surface area contributed by atoms with Gasteiger partial charge in [-0.05, 0) is 12.1 Å². The molecule has 12 heavy (non-hydrogen) atoms. The molecule has 1 aromatic rings. The Morgan fingerprint density at radius 3 is 2.33 bits per heavy atom. The van der Waals surface area contributed by atoms with E-state index in [1.54, 1.807) is 0 Å². The van der Waals surface area contributed by atoms with Crippen molar-refractivity contribution in [1.29, 1.82) is 0 Å². The summed E-state index contributed by atoms with van der Waals surface area (Å²) in [6, 6.07) is 3.92. The van der Waals surface area contributed by atoms with Crippen molar-refractivity contribution < 1.29 is 20.2 Å². The molecule has 0 aliphatic carbocycles. The van der Waals surface area contributed by atoms with Crippen molar-refractivity contribution in [3.63, 3.8) is 0 Å². The third-order valence-electron chi connectivity index (χ3n) is 0.987. The summed E-state index contributed by atoms with van der Waals surface area (Å²) in [4.78, 5) is 0. The molecule has 0 fully saturated rings. The molecule has 0 aliphatic heterocycles. The third kappa shape index (κ3) is 3.00. The number of benzene rings is 1. The Labute approximate surface area is 68.4 Å². The molecular formula is C6H4F4OS. The lowest BCUT2D eigenvalue weighted by atomic mass is 10.3. The monoisotopic (exact) mass is 200 g/mol. The van der Waals surface area contributed by atoms with E-state index in [4.69, 9.17) is 0 Å². The van der Waals surface area contributed by atoms with Crippen LogP contribution in [0, 0.1) is 5.82 Å². The SMILES string of the molecule is Fc1cccc(OS(F)(F)F)c1. The van der Waals surface area contributed by atoms with Gasteiger partial charge in [-0.25, -0.2) is 4.39 Å². The molecule has 0 saturated heterocycles. The molecule has 0 heterocycles. The van der Waals surface area contributed by atoms with Crippen molar-refractivity contribution in [2.75, 3.05) is 0 Å². The Morgan fingerprint density at radius 2 is 1.83 bits per heavy atom. The van der Waals surface area contributed by atoms with Gasteiger partial charge in [-0.1, -0.05) is 17.7 Å². The molecule has 0 radical (unpaired) electrons. The fourth-order valence-corrected chi connectivity index (χ4v) is 0.950. The summed E-state index contributed by atoms with van der Waals surface area (Å²) in [5.41, 5.74) is 0. The highest BCUT2D eigenvalue weighted by Crippen LogP contribution is 2.53. The van der Waals surface area contributed by atoms with Gasteiger partial charge in [0, 0.05) is 6.07 Å². The highest BCUT2D eigenvalue weighted by molar-refractivity contribution is 8.17. The molecule has 0 amide bonds. The van der Waals surface area contributed by atoms with Gasteiger partial charge >= 0.3 is 11.5 Å². The average Bonchev–Trinajstić information content (AvgIpc) is 1.82. The van der Waals surface area contributed by atoms with E-state index in [9.17, 15) is 16.0 Å². The standard InChI is InChI=1S/C6H4F4OS/c7-5-2-1-3-6(4-5)11-12(8,9)10/h1-4H.